The predicted molar refractivity (Wildman–Crippen MR) is 124 cm³/mol. The van der Waals surface area contributed by atoms with Crippen LogP contribution in [0.15, 0.2) is 78.4 Å². The van der Waals surface area contributed by atoms with E-state index in [4.69, 9.17) is 39.5 Å². The normalized spacial score (nSPS) is 14.9. The molecule has 0 fully saturated rings. The van der Waals surface area contributed by atoms with Crippen LogP contribution in [0, 0.1) is 0 Å². The van der Waals surface area contributed by atoms with Gasteiger partial charge in [-0.2, -0.15) is 0 Å². The van der Waals surface area contributed by atoms with E-state index in [9.17, 15) is 4.79 Å². The minimum Gasteiger partial charge on any atom is -0.497 e. The predicted octanol–water partition coefficient (Wildman–Crippen LogP) is 7.13. The van der Waals surface area contributed by atoms with Gasteiger partial charge in [0, 0.05) is 10.6 Å². The highest BCUT2D eigenvalue weighted by Gasteiger charge is 2.32. The van der Waals surface area contributed by atoms with Gasteiger partial charge in [-0.1, -0.05) is 65.1 Å². The summed E-state index contributed by atoms with van der Waals surface area (Å²) in [6, 6.07) is 20.0. The Kier molecular flexibility index (Phi) is 5.87. The van der Waals surface area contributed by atoms with Crippen molar-refractivity contribution in [1.29, 1.82) is 0 Å². The Hall–Kier alpha value is -2.72. The van der Waals surface area contributed by atoms with Crippen molar-refractivity contribution in [1.82, 2.24) is 0 Å². The van der Waals surface area contributed by atoms with Crippen LogP contribution in [0.2, 0.25) is 15.1 Å². The molecular formula is C24H16Cl3NO2. The van der Waals surface area contributed by atoms with Gasteiger partial charge in [-0.05, 0) is 59.7 Å². The second-order valence-electron chi connectivity index (χ2n) is 6.62. The lowest BCUT2D eigenvalue weighted by Gasteiger charge is -2.22. The molecule has 0 bridgehead atoms. The Morgan fingerprint density at radius 3 is 2.27 bits per heavy atom. The fourth-order valence-electron chi connectivity index (χ4n) is 3.23. The summed E-state index contributed by atoms with van der Waals surface area (Å²) >= 11 is 18.7. The third-order valence-electron chi connectivity index (χ3n) is 4.73. The lowest BCUT2D eigenvalue weighted by molar-refractivity contribution is -0.113. The zero-order valence-electron chi connectivity index (χ0n) is 15.9. The van der Waals surface area contributed by atoms with Gasteiger partial charge in [-0.3, -0.25) is 9.69 Å². The molecule has 1 aliphatic heterocycles. The number of anilines is 1. The first-order valence-corrected chi connectivity index (χ1v) is 10.2. The lowest BCUT2D eigenvalue weighted by Crippen LogP contribution is -2.25. The van der Waals surface area contributed by atoms with Crippen LogP contribution in [-0.4, -0.2) is 13.0 Å². The highest BCUT2D eigenvalue weighted by atomic mass is 35.5. The van der Waals surface area contributed by atoms with E-state index in [2.05, 4.69) is 0 Å². The van der Waals surface area contributed by atoms with Crippen molar-refractivity contribution in [3.05, 3.63) is 105 Å². The van der Waals surface area contributed by atoms with Crippen molar-refractivity contribution in [2.24, 2.45) is 0 Å². The maximum atomic E-state index is 13.4. The number of hydrogen-bond donors (Lipinski definition) is 0. The number of ether oxygens (including phenoxy) is 1. The standard InChI is InChI=1S/C24H16Cl3NO2/c1-30-19-11-5-15(6-12-19)13-17-14-22(16-7-9-18(25)10-8-16)28(24(17)29)21-4-2-3-20(26)23(21)27/h2-14H,1H3/b17-13-. The van der Waals surface area contributed by atoms with Gasteiger partial charge in [-0.15, -0.1) is 0 Å². The summed E-state index contributed by atoms with van der Waals surface area (Å²) in [7, 11) is 1.61. The Balaban J connectivity index is 1.83. The Morgan fingerprint density at radius 1 is 0.900 bits per heavy atom. The number of rotatable bonds is 4. The first-order valence-electron chi connectivity index (χ1n) is 9.10. The van der Waals surface area contributed by atoms with Crippen LogP contribution in [0.25, 0.3) is 11.8 Å². The number of amides is 1. The minimum absolute atomic E-state index is 0.195. The minimum atomic E-state index is -0.195. The van der Waals surface area contributed by atoms with Crippen LogP contribution in [-0.2, 0) is 4.79 Å². The van der Waals surface area contributed by atoms with E-state index in [0.717, 1.165) is 16.9 Å². The number of halogens is 3. The van der Waals surface area contributed by atoms with Crippen molar-refractivity contribution in [2.75, 3.05) is 12.0 Å². The van der Waals surface area contributed by atoms with E-state index in [-0.39, 0.29) is 5.91 Å². The van der Waals surface area contributed by atoms with Crippen molar-refractivity contribution in [3.8, 4) is 5.75 Å². The van der Waals surface area contributed by atoms with Gasteiger partial charge in [-0.25, -0.2) is 0 Å². The van der Waals surface area contributed by atoms with Crippen molar-refractivity contribution in [2.45, 2.75) is 0 Å². The number of nitrogens with zero attached hydrogens (tertiary/aromatic N) is 1. The van der Waals surface area contributed by atoms with Gasteiger partial charge in [0.1, 0.15) is 5.75 Å². The van der Waals surface area contributed by atoms with Crippen LogP contribution < -0.4 is 9.64 Å². The van der Waals surface area contributed by atoms with Gasteiger partial charge < -0.3 is 4.74 Å². The Bertz CT molecular complexity index is 1170. The summed E-state index contributed by atoms with van der Waals surface area (Å²) in [6.45, 7) is 0. The second-order valence-corrected chi connectivity index (χ2v) is 7.84. The maximum Gasteiger partial charge on any atom is 0.262 e. The zero-order chi connectivity index (χ0) is 21.3. The monoisotopic (exact) mass is 455 g/mol. The summed E-state index contributed by atoms with van der Waals surface area (Å²) in [5.74, 6) is 0.555. The van der Waals surface area contributed by atoms with Crippen molar-refractivity contribution in [3.63, 3.8) is 0 Å². The molecule has 0 saturated carbocycles. The van der Waals surface area contributed by atoms with Gasteiger partial charge in [0.05, 0.1) is 28.5 Å². The summed E-state index contributed by atoms with van der Waals surface area (Å²) in [5, 5.41) is 1.31. The number of hydrogen-bond acceptors (Lipinski definition) is 2. The molecule has 1 aliphatic rings. The average molecular weight is 457 g/mol. The first kappa shape index (κ1) is 20.5. The molecule has 30 heavy (non-hydrogen) atoms. The fraction of sp³-hybridized carbons (Fsp3) is 0.0417. The molecule has 0 aliphatic carbocycles. The topological polar surface area (TPSA) is 29.5 Å². The molecule has 0 N–H and O–H groups in total. The molecule has 0 unspecified atom stereocenters. The molecule has 0 radical (unpaired) electrons. The maximum absolute atomic E-state index is 13.4. The largest absolute Gasteiger partial charge is 0.497 e. The molecule has 0 spiro atoms. The molecule has 3 aromatic carbocycles. The van der Waals surface area contributed by atoms with Crippen LogP contribution in [0.4, 0.5) is 5.69 Å². The van der Waals surface area contributed by atoms with E-state index >= 15 is 0 Å². The molecule has 6 heteroatoms. The molecule has 3 aromatic rings. The van der Waals surface area contributed by atoms with E-state index in [1.807, 2.05) is 48.6 Å². The number of carbonyl (C=O) groups excluding carboxylic acids is 1. The fourth-order valence-corrected chi connectivity index (χ4v) is 3.74. The molecule has 0 saturated heterocycles. The van der Waals surface area contributed by atoms with E-state index < -0.39 is 0 Å². The van der Waals surface area contributed by atoms with Gasteiger partial charge >= 0.3 is 0 Å². The highest BCUT2D eigenvalue weighted by molar-refractivity contribution is 6.44. The van der Waals surface area contributed by atoms with E-state index in [0.29, 0.717) is 32.0 Å². The van der Waals surface area contributed by atoms with E-state index in [1.54, 1.807) is 42.3 Å². The molecule has 150 valence electrons. The average Bonchev–Trinajstić information content (AvgIpc) is 3.07. The lowest BCUT2D eigenvalue weighted by atomic mass is 10.1. The van der Waals surface area contributed by atoms with Crippen molar-refractivity contribution >= 4 is 58.2 Å². The molecule has 4 rings (SSSR count). The van der Waals surface area contributed by atoms with Crippen LogP contribution in [0.3, 0.4) is 0 Å². The number of methoxy groups -OCH3 is 1. The summed E-state index contributed by atoms with van der Waals surface area (Å²) in [6.07, 6.45) is 3.67. The molecule has 0 aromatic heterocycles. The molecule has 3 nitrogen and oxygen atoms in total. The summed E-state index contributed by atoms with van der Waals surface area (Å²) in [5.41, 5.74) is 3.46. The quantitative estimate of drug-likeness (QED) is 0.391. The third-order valence-corrected chi connectivity index (χ3v) is 5.79. The first-order chi connectivity index (χ1) is 14.5. The SMILES string of the molecule is COc1ccc(/C=C2/C=C(c3ccc(Cl)cc3)N(c3cccc(Cl)c3Cl)C2=O)cc1. The van der Waals surface area contributed by atoms with Gasteiger partial charge in [0.2, 0.25) is 0 Å². The van der Waals surface area contributed by atoms with Crippen LogP contribution in [0.5, 0.6) is 5.75 Å². The zero-order valence-corrected chi connectivity index (χ0v) is 18.2. The second kappa shape index (κ2) is 8.57. The smallest absolute Gasteiger partial charge is 0.262 e. The highest BCUT2D eigenvalue weighted by Crippen LogP contribution is 2.41. The Morgan fingerprint density at radius 2 is 1.60 bits per heavy atom. The van der Waals surface area contributed by atoms with Gasteiger partial charge in [0.15, 0.2) is 0 Å². The number of benzene rings is 3. The van der Waals surface area contributed by atoms with Crippen molar-refractivity contribution < 1.29 is 9.53 Å². The third kappa shape index (κ3) is 3.97. The molecular weight excluding hydrogens is 441 g/mol. The van der Waals surface area contributed by atoms with Crippen LogP contribution in [0.1, 0.15) is 11.1 Å². The van der Waals surface area contributed by atoms with E-state index in [1.165, 1.54) is 0 Å². The summed E-state index contributed by atoms with van der Waals surface area (Å²) < 4.78 is 5.20. The molecule has 1 amide bonds. The van der Waals surface area contributed by atoms with Crippen LogP contribution >= 0.6 is 34.8 Å². The number of carbonyl (C=O) groups is 1. The Labute approximate surface area is 189 Å². The molecule has 1 heterocycles. The summed E-state index contributed by atoms with van der Waals surface area (Å²) in [4.78, 5) is 15.0. The molecule has 0 atom stereocenters. The van der Waals surface area contributed by atoms with Gasteiger partial charge in [0.25, 0.3) is 5.91 Å².